The van der Waals surface area contributed by atoms with Gasteiger partial charge in [-0.25, -0.2) is 4.39 Å². The van der Waals surface area contributed by atoms with Gasteiger partial charge in [0.05, 0.1) is 0 Å². The lowest BCUT2D eigenvalue weighted by molar-refractivity contribution is 0.301. The van der Waals surface area contributed by atoms with Gasteiger partial charge < -0.3 is 0 Å². The van der Waals surface area contributed by atoms with Crippen molar-refractivity contribution in [2.24, 2.45) is 5.73 Å². The summed E-state index contributed by atoms with van der Waals surface area (Å²) in [5, 5.41) is 2.14. The molecular weight excluding hydrogens is 71.0 g/mol. The summed E-state index contributed by atoms with van der Waals surface area (Å²) in [6.45, 7) is 0. The van der Waals surface area contributed by atoms with E-state index in [4.69, 9.17) is 0 Å². The lowest BCUT2D eigenvalue weighted by Gasteiger charge is -1.91. The third kappa shape index (κ3) is 3.85. The molecule has 0 aliphatic heterocycles. The molecule has 0 aromatic rings. The van der Waals surface area contributed by atoms with Crippen LogP contribution in [0.4, 0.5) is 4.39 Å². The molecule has 0 radical (unpaired) electrons. The monoisotopic (exact) mass is 78.1 g/mol. The second kappa shape index (κ2) is 2.11. The van der Waals surface area contributed by atoms with E-state index < -0.39 is 6.42 Å². The molecule has 0 aromatic carbocycles. The van der Waals surface area contributed by atoms with Gasteiger partial charge in [-0.3, -0.25) is 11.1 Å². The summed E-state index contributed by atoms with van der Waals surface area (Å²) in [5.41, 5.74) is 4.51. The van der Waals surface area contributed by atoms with Crippen LogP contribution in [0.3, 0.4) is 0 Å². The van der Waals surface area contributed by atoms with E-state index in [0.717, 1.165) is 0 Å². The van der Waals surface area contributed by atoms with Gasteiger partial charge in [-0.05, 0) is 7.05 Å². The van der Waals surface area contributed by atoms with Crippen molar-refractivity contribution in [3.8, 4) is 0 Å². The summed E-state index contributed by atoms with van der Waals surface area (Å²) in [7, 11) is 1.45. The van der Waals surface area contributed by atoms with Gasteiger partial charge >= 0.3 is 0 Å². The maximum Gasteiger partial charge on any atom is 0.202 e. The van der Waals surface area contributed by atoms with Gasteiger partial charge in [-0.2, -0.15) is 0 Å². The van der Waals surface area contributed by atoms with Gasteiger partial charge in [0.1, 0.15) is 0 Å². The molecule has 5 heavy (non-hydrogen) atoms. The van der Waals surface area contributed by atoms with E-state index in [-0.39, 0.29) is 0 Å². The molecule has 3 heteroatoms. The number of hydrogen-bond donors (Lipinski definition) is 2. The highest BCUT2D eigenvalue weighted by atomic mass is 19.1. The summed E-state index contributed by atoms with van der Waals surface area (Å²) in [6.07, 6.45) is -1.37. The van der Waals surface area contributed by atoms with Crippen molar-refractivity contribution >= 4 is 0 Å². The highest BCUT2D eigenvalue weighted by Gasteiger charge is 1.82. The summed E-state index contributed by atoms with van der Waals surface area (Å²) < 4.78 is 11.1. The lowest BCUT2D eigenvalue weighted by Crippen LogP contribution is -2.28. The van der Waals surface area contributed by atoms with Gasteiger partial charge in [0.15, 0.2) is 0 Å². The van der Waals surface area contributed by atoms with Crippen molar-refractivity contribution in [1.29, 1.82) is 0 Å². The largest absolute Gasteiger partial charge is 0.289 e. The fourth-order valence-corrected chi connectivity index (χ4v) is 0. The smallest absolute Gasteiger partial charge is 0.202 e. The molecule has 0 spiro atoms. The molecule has 0 aliphatic rings. The van der Waals surface area contributed by atoms with Crippen LogP contribution in [-0.2, 0) is 0 Å². The van der Waals surface area contributed by atoms with Crippen LogP contribution in [0.2, 0.25) is 0 Å². The molecule has 1 unspecified atom stereocenters. The molecule has 0 heterocycles. The van der Waals surface area contributed by atoms with E-state index in [1.165, 1.54) is 7.05 Å². The zero-order valence-corrected chi connectivity index (χ0v) is 3.03. The van der Waals surface area contributed by atoms with Crippen LogP contribution in [0.15, 0.2) is 0 Å². The van der Waals surface area contributed by atoms with Gasteiger partial charge in [0, 0.05) is 0 Å². The van der Waals surface area contributed by atoms with E-state index in [2.05, 4.69) is 11.1 Å². The highest BCUT2D eigenvalue weighted by Crippen LogP contribution is 1.60. The van der Waals surface area contributed by atoms with E-state index in [0.29, 0.717) is 0 Å². The van der Waals surface area contributed by atoms with Gasteiger partial charge in [-0.1, -0.05) is 0 Å². The molecule has 0 saturated heterocycles. The Kier molecular flexibility index (Phi) is 2.05. The third-order valence-corrected chi connectivity index (χ3v) is 0.276. The van der Waals surface area contributed by atoms with Gasteiger partial charge in [0.2, 0.25) is 6.42 Å². The fourth-order valence-electron chi connectivity index (χ4n) is 0. The van der Waals surface area contributed by atoms with E-state index >= 15 is 0 Å². The summed E-state index contributed by atoms with van der Waals surface area (Å²) in [5.74, 6) is 0. The van der Waals surface area contributed by atoms with Crippen LogP contribution in [0.1, 0.15) is 0 Å². The average molecular weight is 78.1 g/mol. The van der Waals surface area contributed by atoms with Gasteiger partial charge in [0.25, 0.3) is 0 Å². The topological polar surface area (TPSA) is 38.0 Å². The standard InChI is InChI=1S/C2H7FN2/c1-5-2(3)4/h2,5H,4H2,1H3. The second-order valence-electron chi connectivity index (χ2n) is 0.690. The summed E-state index contributed by atoms with van der Waals surface area (Å²) in [4.78, 5) is 0. The Bertz CT molecular complexity index is 21.6. The Morgan fingerprint density at radius 2 is 2.20 bits per heavy atom. The number of rotatable bonds is 1. The molecule has 0 aromatic heterocycles. The maximum absolute atomic E-state index is 11.1. The predicted octanol–water partition coefficient (Wildman–Crippen LogP) is -0.582. The number of alkyl halides is 1. The van der Waals surface area contributed by atoms with Gasteiger partial charge in [-0.15, -0.1) is 0 Å². The Balaban J connectivity index is 2.54. The Morgan fingerprint density at radius 3 is 2.20 bits per heavy atom. The van der Waals surface area contributed by atoms with Crippen molar-refractivity contribution in [2.45, 2.75) is 6.42 Å². The second-order valence-corrected chi connectivity index (χ2v) is 0.690. The van der Waals surface area contributed by atoms with Crippen LogP contribution in [0, 0.1) is 0 Å². The lowest BCUT2D eigenvalue weighted by atomic mass is 11.0. The number of nitrogens with one attached hydrogen (secondary N) is 1. The minimum absolute atomic E-state index is 1.37. The fraction of sp³-hybridized carbons (Fsp3) is 1.00. The first-order valence-electron chi connectivity index (χ1n) is 1.34. The van der Waals surface area contributed by atoms with E-state index in [1.807, 2.05) is 0 Å². The van der Waals surface area contributed by atoms with Crippen molar-refractivity contribution in [3.05, 3.63) is 0 Å². The van der Waals surface area contributed by atoms with Crippen molar-refractivity contribution in [2.75, 3.05) is 7.05 Å². The quantitative estimate of drug-likeness (QED) is 0.325. The maximum atomic E-state index is 11.1. The molecule has 0 saturated carbocycles. The first-order chi connectivity index (χ1) is 2.27. The Hall–Kier alpha value is -0.150. The van der Waals surface area contributed by atoms with Crippen LogP contribution in [-0.4, -0.2) is 13.5 Å². The first-order valence-corrected chi connectivity index (χ1v) is 1.34. The van der Waals surface area contributed by atoms with Crippen molar-refractivity contribution < 1.29 is 4.39 Å². The normalized spacial score (nSPS) is 15.0. The molecule has 0 amide bonds. The van der Waals surface area contributed by atoms with Crippen LogP contribution < -0.4 is 11.1 Å². The summed E-state index contributed by atoms with van der Waals surface area (Å²) in [6, 6.07) is 0. The molecule has 0 bridgehead atoms. The zero-order valence-electron chi connectivity index (χ0n) is 3.03. The van der Waals surface area contributed by atoms with Crippen LogP contribution in [0.5, 0.6) is 0 Å². The molecule has 3 N–H and O–H groups in total. The number of hydrogen-bond acceptors (Lipinski definition) is 2. The molecule has 0 aliphatic carbocycles. The number of halogens is 1. The molecule has 1 atom stereocenters. The highest BCUT2D eigenvalue weighted by molar-refractivity contribution is 4.26. The molecular formula is C2H7FN2. The minimum Gasteiger partial charge on any atom is -0.289 e. The molecule has 2 nitrogen and oxygen atoms in total. The zero-order chi connectivity index (χ0) is 4.28. The minimum atomic E-state index is -1.37. The molecule has 32 valence electrons. The van der Waals surface area contributed by atoms with E-state index in [1.54, 1.807) is 0 Å². The van der Waals surface area contributed by atoms with Crippen LogP contribution >= 0.6 is 0 Å². The third-order valence-electron chi connectivity index (χ3n) is 0.276. The first kappa shape index (κ1) is 4.85. The SMILES string of the molecule is CNC(N)F. The van der Waals surface area contributed by atoms with Crippen molar-refractivity contribution in [1.82, 2.24) is 5.32 Å². The van der Waals surface area contributed by atoms with E-state index in [9.17, 15) is 4.39 Å². The Labute approximate surface area is 30.2 Å². The van der Waals surface area contributed by atoms with Crippen molar-refractivity contribution in [3.63, 3.8) is 0 Å². The number of nitrogens with two attached hydrogens (primary N) is 1. The predicted molar refractivity (Wildman–Crippen MR) is 18.1 cm³/mol. The summed E-state index contributed by atoms with van der Waals surface area (Å²) >= 11 is 0. The molecule has 0 fully saturated rings. The molecule has 0 rings (SSSR count). The Morgan fingerprint density at radius 1 is 2.00 bits per heavy atom. The van der Waals surface area contributed by atoms with Crippen LogP contribution in [0.25, 0.3) is 0 Å². The average Bonchev–Trinajstić information content (AvgIpc) is 1.38.